The van der Waals surface area contributed by atoms with Crippen molar-refractivity contribution >= 4 is 28.9 Å². The van der Waals surface area contributed by atoms with E-state index in [4.69, 9.17) is 20.8 Å². The van der Waals surface area contributed by atoms with Crippen LogP contribution in [0.15, 0.2) is 58.0 Å². The van der Waals surface area contributed by atoms with Crippen molar-refractivity contribution < 1.29 is 31.5 Å². The van der Waals surface area contributed by atoms with E-state index < -0.39 is 40.6 Å². The minimum absolute atomic E-state index is 0.00136. The van der Waals surface area contributed by atoms with Crippen molar-refractivity contribution in [3.05, 3.63) is 88.3 Å². The Hall–Kier alpha value is -3.41. The minimum atomic E-state index is -1.77. The Kier molecular flexibility index (Phi) is 6.87. The van der Waals surface area contributed by atoms with Gasteiger partial charge in [-0.15, -0.1) is 0 Å². The van der Waals surface area contributed by atoms with E-state index in [9.17, 15) is 13.6 Å². The highest BCUT2D eigenvalue weighted by Gasteiger charge is 2.57. The Morgan fingerprint density at radius 1 is 1.07 bits per heavy atom. The van der Waals surface area contributed by atoms with Gasteiger partial charge in [0, 0.05) is 37.3 Å². The molecule has 216 valence electrons. The quantitative estimate of drug-likeness (QED) is 0.398. The number of nitrogens with zero attached hydrogens (tertiary/aromatic N) is 3. The molecule has 1 saturated carbocycles. The summed E-state index contributed by atoms with van der Waals surface area (Å²) >= 11 is 6.10. The summed E-state index contributed by atoms with van der Waals surface area (Å²) in [6.45, 7) is 3.05. The van der Waals surface area contributed by atoms with Crippen molar-refractivity contribution in [1.29, 1.82) is 0 Å². The molecule has 0 radical (unpaired) electrons. The summed E-state index contributed by atoms with van der Waals surface area (Å²) in [7, 11) is 1.99. The van der Waals surface area contributed by atoms with E-state index in [1.54, 1.807) is 0 Å². The van der Waals surface area contributed by atoms with Crippen LogP contribution >= 0.6 is 11.6 Å². The number of hydrazone groups is 1. The van der Waals surface area contributed by atoms with Crippen molar-refractivity contribution in [1.82, 2.24) is 10.2 Å². The molecule has 12 heteroatoms. The fourth-order valence-corrected chi connectivity index (χ4v) is 6.04. The SMILES string of the molecule is CN1CC(CNC(=O)C2(C)C(c3ccc(Cl)o3)C(c3ccc(F)cc3F)=NN2c2ccc(F)cc2F)OC2(CC2)C1. The number of hydrogen-bond donors (Lipinski definition) is 1. The monoisotopic (exact) mass is 590 g/mol. The van der Waals surface area contributed by atoms with Crippen LogP contribution in [0, 0.1) is 23.3 Å². The second-order valence-electron chi connectivity index (χ2n) is 11.1. The molecule has 2 fully saturated rings. The molecular formula is C29H27ClF4N4O3. The van der Waals surface area contributed by atoms with Gasteiger partial charge in [0.1, 0.15) is 23.2 Å². The maximum atomic E-state index is 15.2. The number of likely N-dealkylation sites (N-methyl/N-ethyl adjacent to an activating group) is 1. The molecule has 1 aliphatic carbocycles. The van der Waals surface area contributed by atoms with Gasteiger partial charge in [-0.1, -0.05) is 0 Å². The third-order valence-corrected chi connectivity index (χ3v) is 8.16. The van der Waals surface area contributed by atoms with E-state index in [1.807, 2.05) is 7.05 Å². The van der Waals surface area contributed by atoms with E-state index >= 15 is 8.78 Å². The van der Waals surface area contributed by atoms with Gasteiger partial charge >= 0.3 is 0 Å². The minimum Gasteiger partial charge on any atom is -0.449 e. The summed E-state index contributed by atoms with van der Waals surface area (Å²) in [5, 5.41) is 8.53. The molecule has 6 rings (SSSR count). The van der Waals surface area contributed by atoms with Crippen molar-refractivity contribution in [2.75, 3.05) is 31.7 Å². The normalized spacial score (nSPS) is 25.4. The molecule has 0 bridgehead atoms. The largest absolute Gasteiger partial charge is 0.449 e. The summed E-state index contributed by atoms with van der Waals surface area (Å²) < 4.78 is 70.1. The topological polar surface area (TPSA) is 70.3 Å². The van der Waals surface area contributed by atoms with Gasteiger partial charge in [0.25, 0.3) is 0 Å². The van der Waals surface area contributed by atoms with Crippen LogP contribution in [-0.4, -0.2) is 60.4 Å². The first kappa shape index (κ1) is 27.7. The van der Waals surface area contributed by atoms with Crippen LogP contribution in [0.3, 0.4) is 0 Å². The van der Waals surface area contributed by atoms with Gasteiger partial charge in [-0.25, -0.2) is 22.6 Å². The zero-order chi connectivity index (χ0) is 29.1. The molecule has 2 aliphatic heterocycles. The number of rotatable bonds is 6. The number of carbonyl (C=O) groups excluding carboxylic acids is 1. The molecule has 1 amide bonds. The highest BCUT2D eigenvalue weighted by Crippen LogP contribution is 2.47. The van der Waals surface area contributed by atoms with E-state index in [-0.39, 0.29) is 46.2 Å². The number of carbonyl (C=O) groups is 1. The fourth-order valence-electron chi connectivity index (χ4n) is 5.88. The van der Waals surface area contributed by atoms with Crippen molar-refractivity contribution in [2.45, 2.75) is 42.9 Å². The number of amides is 1. The van der Waals surface area contributed by atoms with E-state index in [1.165, 1.54) is 25.1 Å². The van der Waals surface area contributed by atoms with Gasteiger partial charge in [-0.05, 0) is 74.8 Å². The Morgan fingerprint density at radius 3 is 2.41 bits per heavy atom. The molecule has 3 heterocycles. The lowest BCUT2D eigenvalue weighted by Crippen LogP contribution is -2.59. The molecule has 1 aromatic heterocycles. The molecular weight excluding hydrogens is 564 g/mol. The molecule has 7 nitrogen and oxygen atoms in total. The number of anilines is 1. The third-order valence-electron chi connectivity index (χ3n) is 7.95. The lowest BCUT2D eigenvalue weighted by molar-refractivity contribution is -0.129. The zero-order valence-corrected chi connectivity index (χ0v) is 23.0. The summed E-state index contributed by atoms with van der Waals surface area (Å²) in [5.41, 5.74) is -2.35. The molecule has 2 aromatic carbocycles. The average molecular weight is 591 g/mol. The number of morpholine rings is 1. The van der Waals surface area contributed by atoms with Crippen LogP contribution in [0.2, 0.25) is 5.22 Å². The summed E-state index contributed by atoms with van der Waals surface area (Å²) in [4.78, 5) is 16.4. The van der Waals surface area contributed by atoms with Gasteiger partial charge < -0.3 is 19.4 Å². The Labute approximate surface area is 238 Å². The van der Waals surface area contributed by atoms with E-state index in [0.29, 0.717) is 18.7 Å². The molecule has 41 heavy (non-hydrogen) atoms. The zero-order valence-electron chi connectivity index (χ0n) is 22.3. The standard InChI is InChI=1S/C29H27ClF4N4O3/c1-28(27(39)35-13-18-14-37(2)15-29(41-18)9-10-29)25(23-7-8-24(30)40-23)26(19-5-3-16(31)11-20(19)33)36-38(28)22-6-4-17(32)12-21(22)34/h3-8,11-12,18,25H,9-10,13-15H2,1-2H3,(H,35,39). The first-order valence-corrected chi connectivity index (χ1v) is 13.6. The number of ether oxygens (including phenoxy) is 1. The molecule has 3 aliphatic rings. The predicted octanol–water partition coefficient (Wildman–Crippen LogP) is 5.24. The molecule has 1 saturated heterocycles. The van der Waals surface area contributed by atoms with Crippen molar-refractivity contribution in [3.63, 3.8) is 0 Å². The van der Waals surface area contributed by atoms with Gasteiger partial charge in [0.2, 0.25) is 5.91 Å². The number of hydrogen-bond acceptors (Lipinski definition) is 6. The molecule has 3 aromatic rings. The summed E-state index contributed by atoms with van der Waals surface area (Å²) in [6, 6.07) is 8.73. The smallest absolute Gasteiger partial charge is 0.249 e. The second kappa shape index (κ2) is 10.1. The molecule has 3 unspecified atom stereocenters. The summed E-state index contributed by atoms with van der Waals surface area (Å²) in [6.07, 6.45) is 1.59. The van der Waals surface area contributed by atoms with Crippen LogP contribution in [0.25, 0.3) is 0 Å². The van der Waals surface area contributed by atoms with Crippen molar-refractivity contribution in [2.24, 2.45) is 5.10 Å². The van der Waals surface area contributed by atoms with Crippen LogP contribution in [0.4, 0.5) is 23.2 Å². The Balaban J connectivity index is 1.43. The second-order valence-corrected chi connectivity index (χ2v) is 11.4. The third kappa shape index (κ3) is 5.00. The van der Waals surface area contributed by atoms with Crippen molar-refractivity contribution in [3.8, 4) is 0 Å². The Bertz CT molecular complexity index is 1540. The lowest BCUT2D eigenvalue weighted by Gasteiger charge is -2.39. The number of halogens is 5. The fraction of sp³-hybridized carbons (Fsp3) is 0.379. The highest BCUT2D eigenvalue weighted by molar-refractivity contribution is 6.28. The van der Waals surface area contributed by atoms with Crippen LogP contribution < -0.4 is 10.3 Å². The molecule has 1 spiro atoms. The molecule has 1 N–H and O–H groups in total. The number of nitrogens with one attached hydrogen (secondary N) is 1. The van der Waals surface area contributed by atoms with E-state index in [2.05, 4.69) is 15.3 Å². The predicted molar refractivity (Wildman–Crippen MR) is 144 cm³/mol. The van der Waals surface area contributed by atoms with Crippen LogP contribution in [-0.2, 0) is 9.53 Å². The van der Waals surface area contributed by atoms with Gasteiger partial charge in [-0.2, -0.15) is 5.10 Å². The maximum Gasteiger partial charge on any atom is 0.249 e. The van der Waals surface area contributed by atoms with Crippen LogP contribution in [0.5, 0.6) is 0 Å². The average Bonchev–Trinajstić information content (AvgIpc) is 3.36. The Morgan fingerprint density at radius 2 is 1.78 bits per heavy atom. The van der Waals surface area contributed by atoms with Crippen LogP contribution in [0.1, 0.15) is 37.0 Å². The highest BCUT2D eigenvalue weighted by atomic mass is 35.5. The van der Waals surface area contributed by atoms with Gasteiger partial charge in [-0.3, -0.25) is 4.79 Å². The number of furan rings is 1. The first-order valence-electron chi connectivity index (χ1n) is 13.2. The van der Waals surface area contributed by atoms with Gasteiger partial charge in [0.05, 0.1) is 29.0 Å². The molecule has 3 atom stereocenters. The lowest BCUT2D eigenvalue weighted by atomic mass is 9.78. The van der Waals surface area contributed by atoms with E-state index in [0.717, 1.165) is 42.6 Å². The first-order chi connectivity index (χ1) is 19.5. The number of benzene rings is 2. The van der Waals surface area contributed by atoms with Gasteiger partial charge in [0.15, 0.2) is 16.6 Å². The summed E-state index contributed by atoms with van der Waals surface area (Å²) in [5.74, 6) is -5.15. The maximum absolute atomic E-state index is 15.2.